The van der Waals surface area contributed by atoms with Crippen molar-refractivity contribution in [3.63, 3.8) is 0 Å². The van der Waals surface area contributed by atoms with E-state index < -0.39 is 11.9 Å². The van der Waals surface area contributed by atoms with E-state index in [1.165, 1.54) is 45.3 Å². The molecule has 0 saturated carbocycles. The molecule has 13 heterocycles. The Morgan fingerprint density at radius 1 is 0.463 bits per heavy atom. The van der Waals surface area contributed by atoms with E-state index in [1.807, 2.05) is 121 Å². The number of hydrogen-bond acceptors (Lipinski definition) is 26. The third-order valence-corrected chi connectivity index (χ3v) is 17.1. The van der Waals surface area contributed by atoms with Gasteiger partial charge in [-0.15, -0.1) is 45.3 Å². The lowest BCUT2D eigenvalue weighted by Crippen LogP contribution is -2.28. The molecular formula is C65H60Cl2N18O6S4. The second-order valence-corrected chi connectivity index (χ2v) is 24.3. The summed E-state index contributed by atoms with van der Waals surface area (Å²) in [6.07, 6.45) is 17.4. The van der Waals surface area contributed by atoms with Crippen molar-refractivity contribution >= 4 is 145 Å². The van der Waals surface area contributed by atoms with Crippen LogP contribution >= 0.6 is 68.5 Å². The number of ether oxygens (including phenoxy) is 2. The minimum absolute atomic E-state index is 0.0326. The average Bonchev–Trinajstić information content (AvgIpc) is 1.79. The van der Waals surface area contributed by atoms with E-state index in [1.54, 1.807) is 81.9 Å². The molecule has 0 fully saturated rings. The number of fused-ring (bicyclic) bond motifs is 4. The molecule has 0 saturated heterocycles. The molecule has 0 aliphatic rings. The number of carbonyl (C=O) groups is 4. The van der Waals surface area contributed by atoms with Crippen molar-refractivity contribution in [2.45, 2.75) is 65.8 Å². The summed E-state index contributed by atoms with van der Waals surface area (Å²) >= 11 is 17.2. The Bertz CT molecular complexity index is 4640. The number of nitrogens with one attached hydrogen (secondary N) is 4. The number of halogens is 2. The fourth-order valence-corrected chi connectivity index (χ4v) is 12.1. The Morgan fingerprint density at radius 2 is 0.863 bits per heavy atom. The predicted molar refractivity (Wildman–Crippen MR) is 372 cm³/mol. The molecule has 484 valence electrons. The molecule has 3 unspecified atom stereocenters. The first kappa shape index (κ1) is 69.3. The molecule has 2 amide bonds. The first-order valence-electron chi connectivity index (χ1n) is 29.1. The molecule has 13 aromatic rings. The highest BCUT2D eigenvalue weighted by Crippen LogP contribution is 2.29. The van der Waals surface area contributed by atoms with E-state index in [9.17, 15) is 19.2 Å². The van der Waals surface area contributed by atoms with Crippen molar-refractivity contribution < 1.29 is 28.7 Å². The Kier molecular flexibility index (Phi) is 25.3. The smallest absolute Gasteiger partial charge is 0.358 e. The number of pyridine rings is 5. The van der Waals surface area contributed by atoms with E-state index in [4.69, 9.17) is 38.4 Å². The van der Waals surface area contributed by atoms with Crippen LogP contribution in [0.5, 0.6) is 0 Å². The zero-order valence-electron chi connectivity index (χ0n) is 51.5. The van der Waals surface area contributed by atoms with Gasteiger partial charge in [-0.1, -0.05) is 30.3 Å². The molecule has 6 N–H and O–H groups in total. The van der Waals surface area contributed by atoms with Crippen LogP contribution in [0.4, 0.5) is 11.9 Å². The van der Waals surface area contributed by atoms with Crippen LogP contribution in [0.25, 0.3) is 40.9 Å². The number of anilines is 2. The Balaban J connectivity index is 0.000000145. The summed E-state index contributed by atoms with van der Waals surface area (Å²) in [5.74, 6) is -0.598. The van der Waals surface area contributed by atoms with Gasteiger partial charge in [0.25, 0.3) is 11.8 Å². The van der Waals surface area contributed by atoms with Gasteiger partial charge in [-0.05, 0) is 162 Å². The van der Waals surface area contributed by atoms with Crippen molar-refractivity contribution in [1.29, 1.82) is 0 Å². The van der Waals surface area contributed by atoms with Crippen molar-refractivity contribution in [2.75, 3.05) is 23.8 Å². The fraction of sp³-hybridized carbons (Fsp3) is 0.185. The summed E-state index contributed by atoms with van der Waals surface area (Å²) in [5, 5.41) is 19.8. The van der Waals surface area contributed by atoms with E-state index in [2.05, 4.69) is 86.1 Å². The van der Waals surface area contributed by atoms with Crippen LogP contribution in [0.3, 0.4) is 0 Å². The molecule has 0 radical (unpaired) electrons. The molecule has 13 rings (SSSR count). The second kappa shape index (κ2) is 34.7. The zero-order valence-corrected chi connectivity index (χ0v) is 56.2. The number of hydrogen-bond donors (Lipinski definition) is 5. The van der Waals surface area contributed by atoms with Gasteiger partial charge < -0.3 is 36.5 Å². The van der Waals surface area contributed by atoms with Gasteiger partial charge in [0.15, 0.2) is 22.8 Å². The molecule has 0 bridgehead atoms. The number of nitrogens with zero attached hydrogens (tertiary/aromatic N) is 13. The number of rotatable bonds is 17. The van der Waals surface area contributed by atoms with Crippen molar-refractivity contribution in [3.05, 3.63) is 230 Å². The van der Waals surface area contributed by atoms with Gasteiger partial charge in [-0.3, -0.25) is 34.5 Å². The number of nitrogens with two attached hydrogens (primary N) is 1. The Labute approximate surface area is 570 Å². The third kappa shape index (κ3) is 19.5. The van der Waals surface area contributed by atoms with E-state index >= 15 is 0 Å². The van der Waals surface area contributed by atoms with Gasteiger partial charge in [-0.2, -0.15) is 0 Å². The topological polar surface area (TPSA) is 328 Å². The number of amides is 2. The minimum Gasteiger partial charge on any atom is -0.461 e. The molecule has 0 aliphatic carbocycles. The van der Waals surface area contributed by atoms with Crippen LogP contribution < -0.4 is 27.0 Å². The molecule has 0 aromatic carbocycles. The number of esters is 2. The highest BCUT2D eigenvalue weighted by molar-refractivity contribution is 7.18. The lowest BCUT2D eigenvalue weighted by Gasteiger charge is -2.14. The Hall–Kier alpha value is -10.1. The van der Waals surface area contributed by atoms with Gasteiger partial charge in [0.05, 0.1) is 66.2 Å². The summed E-state index contributed by atoms with van der Waals surface area (Å²) < 4.78 is 12.9. The summed E-state index contributed by atoms with van der Waals surface area (Å²) in [7, 11) is 0. The maximum Gasteiger partial charge on any atom is 0.358 e. The lowest BCUT2D eigenvalue weighted by atomic mass is 10.1. The van der Waals surface area contributed by atoms with Crippen LogP contribution in [0.1, 0.15) is 123 Å². The van der Waals surface area contributed by atoms with Gasteiger partial charge >= 0.3 is 11.9 Å². The standard InChI is InChI=1S/C20H18N6OS.C16H16N4O2S.C13H9ClN4OS.C9H7ClN2O2S.C7H10N2/c1-13(15-5-3-8-22-12-15)24-19(27)17-18-16(6-9-28-18)25-20(26-17)23-11-14-4-2-7-21-10-14;1-3-22-15(21)13-14-12(6-8-23-14)19-16(20-13)18-10(2)11-5-4-7-17-9-11;14-13-17-9-3-5-20-11(9)10(18-13)12(19)16-7-8-2-1-4-15-6-8;1-2-14-8(13)6-7-5(3-4-15-7)11-9(10)12-6;1-6(8)7-3-2-4-9-5-7/h2-10,12-13H,11H2,1H3,(H,24,27)(H,23,25,26);4-10H,3H2,1-2H3,(H,18,19,20);1-6H,7H2,(H,16,19);3-4H,2H2,1H3;2-6H,8H2,1H3. The van der Waals surface area contributed by atoms with E-state index in [0.29, 0.717) is 71.0 Å². The second-order valence-electron chi connectivity index (χ2n) is 19.9. The van der Waals surface area contributed by atoms with Crippen LogP contribution in [-0.2, 0) is 22.6 Å². The normalized spacial score (nSPS) is 11.6. The zero-order chi connectivity index (χ0) is 67.1. The van der Waals surface area contributed by atoms with Crippen LogP contribution in [0, 0.1) is 0 Å². The van der Waals surface area contributed by atoms with Gasteiger partial charge in [0.1, 0.15) is 0 Å². The molecule has 0 aliphatic heterocycles. The highest BCUT2D eigenvalue weighted by Gasteiger charge is 2.22. The van der Waals surface area contributed by atoms with Gasteiger partial charge in [0.2, 0.25) is 22.5 Å². The largest absolute Gasteiger partial charge is 0.461 e. The number of carbonyl (C=O) groups excluding carboxylic acids is 4. The van der Waals surface area contributed by atoms with Crippen molar-refractivity contribution in [3.8, 4) is 0 Å². The Morgan fingerprint density at radius 3 is 1.32 bits per heavy atom. The quantitative estimate of drug-likeness (QED) is 0.0418. The minimum atomic E-state index is -0.464. The molecule has 13 aromatic heterocycles. The van der Waals surface area contributed by atoms with Crippen molar-refractivity contribution in [1.82, 2.24) is 75.4 Å². The van der Waals surface area contributed by atoms with Crippen LogP contribution in [0.2, 0.25) is 10.6 Å². The molecule has 3 atom stereocenters. The highest BCUT2D eigenvalue weighted by atomic mass is 35.5. The summed E-state index contributed by atoms with van der Waals surface area (Å²) in [6.45, 7) is 10.9. The average molecular weight is 1390 g/mol. The third-order valence-electron chi connectivity index (χ3n) is 13.1. The van der Waals surface area contributed by atoms with E-state index in [0.717, 1.165) is 53.0 Å². The fourth-order valence-electron chi connectivity index (χ4n) is 8.51. The van der Waals surface area contributed by atoms with Crippen molar-refractivity contribution in [2.24, 2.45) is 5.73 Å². The number of thiophene rings is 4. The summed E-state index contributed by atoms with van der Waals surface area (Å²) in [4.78, 5) is 103. The van der Waals surface area contributed by atoms with Gasteiger partial charge in [0, 0.05) is 81.1 Å². The SMILES string of the molecule is CC(N)c1cccnc1.CC(NC(=O)c1nc(NCc2cccnc2)nc2ccsc12)c1cccnc1.CCOC(=O)c1nc(Cl)nc2ccsc12.CCOC(=O)c1nc(NC(C)c2cccnc2)nc2ccsc12.O=C(NCc1cccnc1)c1nc(Cl)nc2ccsc12. The predicted octanol–water partition coefficient (Wildman–Crippen LogP) is 13.3. The number of aromatic nitrogens is 13. The molecule has 24 nitrogen and oxygen atoms in total. The van der Waals surface area contributed by atoms with Gasteiger partial charge in [-0.25, -0.2) is 49.5 Å². The molecular weight excluding hydrogens is 1330 g/mol. The lowest BCUT2D eigenvalue weighted by molar-refractivity contribution is 0.0513. The molecule has 95 heavy (non-hydrogen) atoms. The van der Waals surface area contributed by atoms with Crippen LogP contribution in [-0.4, -0.2) is 102 Å². The van der Waals surface area contributed by atoms with Crippen LogP contribution in [0.15, 0.2) is 168 Å². The summed E-state index contributed by atoms with van der Waals surface area (Å²) in [6, 6.07) is 26.3. The van der Waals surface area contributed by atoms with E-state index in [-0.39, 0.29) is 46.2 Å². The first-order valence-corrected chi connectivity index (χ1v) is 33.4. The molecule has 0 spiro atoms. The maximum atomic E-state index is 12.9. The molecule has 30 heteroatoms. The summed E-state index contributed by atoms with van der Waals surface area (Å²) in [5.41, 5.74) is 14.6. The first-order chi connectivity index (χ1) is 46.2. The maximum absolute atomic E-state index is 12.9. The monoisotopic (exact) mass is 1390 g/mol.